The molecule has 0 bridgehead atoms. The maximum Gasteiger partial charge on any atom is 0.321 e. The molecular formula is C15H20N2O4. The van der Waals surface area contributed by atoms with Crippen LogP contribution in [0.2, 0.25) is 0 Å². The second kappa shape index (κ2) is 7.08. The molecule has 0 radical (unpaired) electrons. The lowest BCUT2D eigenvalue weighted by atomic mass is 10.1. The van der Waals surface area contributed by atoms with Crippen molar-refractivity contribution in [3.8, 4) is 0 Å². The summed E-state index contributed by atoms with van der Waals surface area (Å²) in [6.07, 6.45) is 1.22. The van der Waals surface area contributed by atoms with Crippen LogP contribution in [-0.2, 0) is 11.2 Å². The van der Waals surface area contributed by atoms with Gasteiger partial charge in [-0.15, -0.1) is 0 Å². The minimum Gasteiger partial charge on any atom is -0.481 e. The first-order chi connectivity index (χ1) is 10.1. The topological polar surface area (TPSA) is 89.9 Å². The number of rotatable bonds is 5. The third-order valence-corrected chi connectivity index (χ3v) is 3.70. The molecule has 6 heteroatoms. The smallest absolute Gasteiger partial charge is 0.321 e. The summed E-state index contributed by atoms with van der Waals surface area (Å²) in [7, 11) is 0. The van der Waals surface area contributed by atoms with Gasteiger partial charge in [0.2, 0.25) is 0 Å². The molecule has 1 unspecified atom stereocenters. The van der Waals surface area contributed by atoms with E-state index < -0.39 is 5.97 Å². The molecule has 2 amide bonds. The largest absolute Gasteiger partial charge is 0.481 e. The molecule has 1 saturated heterocycles. The fourth-order valence-electron chi connectivity index (χ4n) is 2.46. The van der Waals surface area contributed by atoms with Gasteiger partial charge >= 0.3 is 12.0 Å². The van der Waals surface area contributed by atoms with E-state index in [9.17, 15) is 9.59 Å². The highest BCUT2D eigenvalue weighted by Gasteiger charge is 2.25. The molecule has 3 N–H and O–H groups in total. The lowest BCUT2D eigenvalue weighted by molar-refractivity contribution is -0.136. The van der Waals surface area contributed by atoms with Crippen LogP contribution in [0.3, 0.4) is 0 Å². The number of para-hydroxylation sites is 1. The van der Waals surface area contributed by atoms with Crippen molar-refractivity contribution in [2.45, 2.75) is 19.3 Å². The molecule has 2 rings (SSSR count). The number of likely N-dealkylation sites (tertiary alicyclic amines) is 1. The number of carboxylic acids is 1. The molecule has 1 heterocycles. The maximum atomic E-state index is 12.2. The van der Waals surface area contributed by atoms with Crippen molar-refractivity contribution in [3.05, 3.63) is 29.8 Å². The van der Waals surface area contributed by atoms with Gasteiger partial charge in [0.25, 0.3) is 0 Å². The van der Waals surface area contributed by atoms with Crippen LogP contribution in [0.4, 0.5) is 10.5 Å². The van der Waals surface area contributed by atoms with Crippen LogP contribution < -0.4 is 5.32 Å². The molecule has 114 valence electrons. The van der Waals surface area contributed by atoms with Crippen LogP contribution in [0, 0.1) is 5.92 Å². The van der Waals surface area contributed by atoms with E-state index in [1.165, 1.54) is 0 Å². The van der Waals surface area contributed by atoms with Crippen LogP contribution in [0.1, 0.15) is 18.4 Å². The van der Waals surface area contributed by atoms with Gasteiger partial charge in [-0.3, -0.25) is 4.79 Å². The summed E-state index contributed by atoms with van der Waals surface area (Å²) in [5.41, 5.74) is 1.46. The van der Waals surface area contributed by atoms with Gasteiger partial charge in [0.05, 0.1) is 0 Å². The number of aryl methyl sites for hydroxylation is 1. The van der Waals surface area contributed by atoms with Crippen LogP contribution >= 0.6 is 0 Å². The summed E-state index contributed by atoms with van der Waals surface area (Å²) in [5.74, 6) is -0.709. The van der Waals surface area contributed by atoms with E-state index in [1.807, 2.05) is 12.1 Å². The van der Waals surface area contributed by atoms with Crippen molar-refractivity contribution >= 4 is 17.7 Å². The molecule has 1 aromatic carbocycles. The summed E-state index contributed by atoms with van der Waals surface area (Å²) in [5, 5.41) is 20.7. The number of aliphatic hydroxyl groups is 1. The zero-order valence-corrected chi connectivity index (χ0v) is 11.8. The zero-order chi connectivity index (χ0) is 15.2. The number of nitrogens with one attached hydrogen (secondary N) is 1. The molecule has 1 aliphatic heterocycles. The molecule has 1 aliphatic rings. The highest BCUT2D eigenvalue weighted by molar-refractivity contribution is 5.90. The highest BCUT2D eigenvalue weighted by Crippen LogP contribution is 2.20. The van der Waals surface area contributed by atoms with Crippen molar-refractivity contribution in [1.82, 2.24) is 4.90 Å². The third-order valence-electron chi connectivity index (χ3n) is 3.70. The van der Waals surface area contributed by atoms with Gasteiger partial charge in [0.1, 0.15) is 0 Å². The summed E-state index contributed by atoms with van der Waals surface area (Å²) in [4.78, 5) is 24.5. The van der Waals surface area contributed by atoms with E-state index in [1.54, 1.807) is 17.0 Å². The molecule has 6 nitrogen and oxygen atoms in total. The van der Waals surface area contributed by atoms with Gasteiger partial charge in [0, 0.05) is 37.7 Å². The van der Waals surface area contributed by atoms with Crippen molar-refractivity contribution in [2.24, 2.45) is 5.92 Å². The number of hydrogen-bond donors (Lipinski definition) is 3. The third kappa shape index (κ3) is 4.19. The Labute approximate surface area is 123 Å². The molecule has 1 atom stereocenters. The molecule has 1 aromatic rings. The standard InChI is InChI=1S/C15H20N2O4/c18-10-11-7-8-17(9-11)15(21)16-13-4-2-1-3-12(13)5-6-14(19)20/h1-4,11,18H,5-10H2,(H,16,21)(H,19,20). The molecular weight excluding hydrogens is 272 g/mol. The number of carboxylic acid groups (broad SMARTS) is 1. The zero-order valence-electron chi connectivity index (χ0n) is 11.8. The van der Waals surface area contributed by atoms with E-state index in [4.69, 9.17) is 10.2 Å². The fourth-order valence-corrected chi connectivity index (χ4v) is 2.46. The van der Waals surface area contributed by atoms with Gasteiger partial charge in [-0.05, 0) is 24.5 Å². The average molecular weight is 292 g/mol. The Balaban J connectivity index is 1.99. The van der Waals surface area contributed by atoms with E-state index in [-0.39, 0.29) is 25.0 Å². The molecule has 1 fully saturated rings. The Hall–Kier alpha value is -2.08. The van der Waals surface area contributed by atoms with Crippen LogP contribution in [0.25, 0.3) is 0 Å². The lowest BCUT2D eigenvalue weighted by Crippen LogP contribution is -2.33. The van der Waals surface area contributed by atoms with Crippen molar-refractivity contribution in [2.75, 3.05) is 25.0 Å². The first-order valence-corrected chi connectivity index (χ1v) is 7.06. The Morgan fingerprint density at radius 3 is 2.76 bits per heavy atom. The highest BCUT2D eigenvalue weighted by atomic mass is 16.4. The number of hydrogen-bond acceptors (Lipinski definition) is 3. The Kier molecular flexibility index (Phi) is 5.16. The van der Waals surface area contributed by atoms with Crippen LogP contribution in [0.5, 0.6) is 0 Å². The molecule has 0 saturated carbocycles. The minimum absolute atomic E-state index is 0.0309. The fraction of sp³-hybridized carbons (Fsp3) is 0.467. The van der Waals surface area contributed by atoms with Gasteiger partial charge < -0.3 is 20.4 Å². The van der Waals surface area contributed by atoms with E-state index >= 15 is 0 Å². The average Bonchev–Trinajstić information content (AvgIpc) is 2.95. The summed E-state index contributed by atoms with van der Waals surface area (Å²) < 4.78 is 0. The van der Waals surface area contributed by atoms with Crippen LogP contribution in [-0.4, -0.2) is 46.8 Å². The van der Waals surface area contributed by atoms with Crippen molar-refractivity contribution < 1.29 is 19.8 Å². The predicted octanol–water partition coefficient (Wildman–Crippen LogP) is 1.55. The van der Waals surface area contributed by atoms with Crippen LogP contribution in [0.15, 0.2) is 24.3 Å². The number of carbonyl (C=O) groups excluding carboxylic acids is 1. The normalized spacial score (nSPS) is 17.8. The monoisotopic (exact) mass is 292 g/mol. The summed E-state index contributed by atoms with van der Waals surface area (Å²) >= 11 is 0. The minimum atomic E-state index is -0.860. The second-order valence-electron chi connectivity index (χ2n) is 5.26. The first kappa shape index (κ1) is 15.3. The predicted molar refractivity (Wildman–Crippen MR) is 78.2 cm³/mol. The number of carbonyl (C=O) groups is 2. The first-order valence-electron chi connectivity index (χ1n) is 7.06. The number of nitrogens with zero attached hydrogens (tertiary/aromatic N) is 1. The Bertz CT molecular complexity index is 518. The van der Waals surface area contributed by atoms with E-state index in [0.29, 0.717) is 25.2 Å². The van der Waals surface area contributed by atoms with Crippen molar-refractivity contribution in [1.29, 1.82) is 0 Å². The Morgan fingerprint density at radius 2 is 2.10 bits per heavy atom. The molecule has 0 aliphatic carbocycles. The summed E-state index contributed by atoms with van der Waals surface area (Å²) in [6, 6.07) is 7.02. The maximum absolute atomic E-state index is 12.2. The van der Waals surface area contributed by atoms with Gasteiger partial charge in [0.15, 0.2) is 0 Å². The SMILES string of the molecule is O=C(O)CCc1ccccc1NC(=O)N1CCC(CO)C1. The molecule has 21 heavy (non-hydrogen) atoms. The lowest BCUT2D eigenvalue weighted by Gasteiger charge is -2.18. The molecule has 0 aromatic heterocycles. The van der Waals surface area contributed by atoms with Gasteiger partial charge in [-0.2, -0.15) is 0 Å². The molecule has 0 spiro atoms. The quantitative estimate of drug-likeness (QED) is 0.768. The number of amides is 2. The van der Waals surface area contributed by atoms with E-state index in [2.05, 4.69) is 5.32 Å². The number of benzene rings is 1. The number of anilines is 1. The Morgan fingerprint density at radius 1 is 1.33 bits per heavy atom. The number of urea groups is 1. The summed E-state index contributed by atoms with van der Waals surface area (Å²) in [6.45, 7) is 1.28. The van der Waals surface area contributed by atoms with E-state index in [0.717, 1.165) is 12.0 Å². The number of aliphatic hydroxyl groups excluding tert-OH is 1. The second-order valence-corrected chi connectivity index (χ2v) is 5.26. The van der Waals surface area contributed by atoms with Crippen molar-refractivity contribution in [3.63, 3.8) is 0 Å². The van der Waals surface area contributed by atoms with Gasteiger partial charge in [-0.1, -0.05) is 18.2 Å². The number of aliphatic carboxylic acids is 1. The van der Waals surface area contributed by atoms with Gasteiger partial charge in [-0.25, -0.2) is 4.79 Å².